The molecule has 1 atom stereocenters. The van der Waals surface area contributed by atoms with E-state index in [1.165, 1.54) is 12.8 Å². The van der Waals surface area contributed by atoms with Crippen molar-refractivity contribution in [1.29, 1.82) is 0 Å². The molecule has 0 saturated heterocycles. The summed E-state index contributed by atoms with van der Waals surface area (Å²) >= 11 is 0. The molecule has 71 valence electrons. The second-order valence-electron chi connectivity index (χ2n) is 3.12. The molecule has 13 heavy (non-hydrogen) atoms. The Morgan fingerprint density at radius 2 is 2.15 bits per heavy atom. The van der Waals surface area contributed by atoms with Crippen LogP contribution in [0.5, 0.6) is 0 Å². The first-order valence-electron chi connectivity index (χ1n) is 4.79. The van der Waals surface area contributed by atoms with Crippen LogP contribution in [0, 0.1) is 6.07 Å². The number of rotatable bonds is 5. The summed E-state index contributed by atoms with van der Waals surface area (Å²) in [6.07, 6.45) is 2.33. The smallest absolute Gasteiger partial charge is 0.0810 e. The van der Waals surface area contributed by atoms with Crippen molar-refractivity contribution in [3.63, 3.8) is 0 Å². The summed E-state index contributed by atoms with van der Waals surface area (Å²) in [4.78, 5) is 0. The van der Waals surface area contributed by atoms with Gasteiger partial charge in [0, 0.05) is 0 Å². The maximum atomic E-state index is 5.91. The van der Waals surface area contributed by atoms with Crippen LogP contribution in [0.1, 0.15) is 31.5 Å². The van der Waals surface area contributed by atoms with Gasteiger partial charge in [-0.1, -0.05) is 37.6 Å². The van der Waals surface area contributed by atoms with Gasteiger partial charge in [0.25, 0.3) is 0 Å². The fourth-order valence-electron chi connectivity index (χ4n) is 1.16. The molecule has 0 aliphatic heterocycles. The molecule has 0 aliphatic rings. The molecule has 0 heterocycles. The summed E-state index contributed by atoms with van der Waals surface area (Å²) in [5.41, 5.74) is 7.03. The highest BCUT2D eigenvalue weighted by molar-refractivity contribution is 5.16. The molecule has 0 spiro atoms. The third-order valence-corrected chi connectivity index (χ3v) is 2.00. The molecular formula is C11H17N2. The summed E-state index contributed by atoms with van der Waals surface area (Å²) in [6.45, 7) is 3.15. The Balaban J connectivity index is 2.35. The minimum Gasteiger partial charge on any atom is -0.312 e. The third-order valence-electron chi connectivity index (χ3n) is 2.00. The number of unbranched alkanes of at least 4 members (excludes halogenated alkanes) is 1. The SMILES string of the molecule is CCCCNC(N)c1cc[c]cc1. The molecule has 1 rings (SSSR count). The van der Waals surface area contributed by atoms with Crippen molar-refractivity contribution < 1.29 is 0 Å². The van der Waals surface area contributed by atoms with Gasteiger partial charge in [0.1, 0.15) is 0 Å². The number of benzene rings is 1. The largest absolute Gasteiger partial charge is 0.312 e. The van der Waals surface area contributed by atoms with Gasteiger partial charge in [-0.3, -0.25) is 5.32 Å². The van der Waals surface area contributed by atoms with Gasteiger partial charge in [0.2, 0.25) is 0 Å². The highest BCUT2D eigenvalue weighted by atomic mass is 15.0. The van der Waals surface area contributed by atoms with Gasteiger partial charge in [0.15, 0.2) is 0 Å². The fourth-order valence-corrected chi connectivity index (χ4v) is 1.16. The quantitative estimate of drug-likeness (QED) is 0.532. The normalized spacial score (nSPS) is 12.8. The molecule has 0 saturated carbocycles. The Kier molecular flexibility index (Phi) is 4.50. The van der Waals surface area contributed by atoms with Crippen molar-refractivity contribution >= 4 is 0 Å². The Labute approximate surface area is 80.1 Å². The van der Waals surface area contributed by atoms with Crippen molar-refractivity contribution in [2.75, 3.05) is 6.54 Å². The Morgan fingerprint density at radius 1 is 1.46 bits per heavy atom. The van der Waals surface area contributed by atoms with E-state index in [-0.39, 0.29) is 6.17 Å². The van der Waals surface area contributed by atoms with E-state index in [4.69, 9.17) is 5.73 Å². The summed E-state index contributed by atoms with van der Waals surface area (Å²) in [5.74, 6) is 0. The number of hydrogen-bond donors (Lipinski definition) is 2. The monoisotopic (exact) mass is 177 g/mol. The third kappa shape index (κ3) is 3.57. The average Bonchev–Trinajstić information content (AvgIpc) is 2.19. The molecule has 0 fully saturated rings. The first kappa shape index (κ1) is 10.2. The lowest BCUT2D eigenvalue weighted by molar-refractivity contribution is 0.536. The van der Waals surface area contributed by atoms with Gasteiger partial charge >= 0.3 is 0 Å². The van der Waals surface area contributed by atoms with Gasteiger partial charge in [-0.15, -0.1) is 0 Å². The maximum Gasteiger partial charge on any atom is 0.0810 e. The second kappa shape index (κ2) is 5.73. The second-order valence-corrected chi connectivity index (χ2v) is 3.12. The zero-order chi connectivity index (χ0) is 9.52. The van der Waals surface area contributed by atoms with Gasteiger partial charge in [-0.2, -0.15) is 0 Å². The van der Waals surface area contributed by atoms with Crippen molar-refractivity contribution in [1.82, 2.24) is 5.32 Å². The Hall–Kier alpha value is -0.860. The molecule has 0 aliphatic carbocycles. The molecule has 3 N–H and O–H groups in total. The molecule has 1 radical (unpaired) electrons. The van der Waals surface area contributed by atoms with E-state index in [9.17, 15) is 0 Å². The molecular weight excluding hydrogens is 160 g/mol. The van der Waals surface area contributed by atoms with E-state index in [1.807, 2.05) is 24.3 Å². The molecule has 0 bridgehead atoms. The number of hydrogen-bond acceptors (Lipinski definition) is 2. The molecule has 1 aromatic rings. The van der Waals surface area contributed by atoms with Crippen molar-refractivity contribution in [3.05, 3.63) is 35.9 Å². The van der Waals surface area contributed by atoms with Crippen LogP contribution in [0.2, 0.25) is 0 Å². The van der Waals surface area contributed by atoms with Crippen LogP contribution in [0.4, 0.5) is 0 Å². The summed E-state index contributed by atoms with van der Waals surface area (Å²) in [5, 5.41) is 3.26. The highest BCUT2D eigenvalue weighted by Crippen LogP contribution is 2.05. The van der Waals surface area contributed by atoms with Gasteiger partial charge in [-0.05, 0) is 24.6 Å². The number of nitrogens with two attached hydrogens (primary N) is 1. The predicted molar refractivity (Wildman–Crippen MR) is 55.1 cm³/mol. The highest BCUT2D eigenvalue weighted by Gasteiger charge is 2.01. The maximum absolute atomic E-state index is 5.91. The molecule has 0 aromatic heterocycles. The lowest BCUT2D eigenvalue weighted by Crippen LogP contribution is -2.29. The van der Waals surface area contributed by atoms with E-state index < -0.39 is 0 Å². The van der Waals surface area contributed by atoms with Crippen LogP contribution >= 0.6 is 0 Å². The molecule has 2 nitrogen and oxygen atoms in total. The van der Waals surface area contributed by atoms with Crippen LogP contribution < -0.4 is 11.1 Å². The molecule has 1 aromatic carbocycles. The topological polar surface area (TPSA) is 38.0 Å². The molecule has 1 unspecified atom stereocenters. The molecule has 2 heteroatoms. The fraction of sp³-hybridized carbons (Fsp3) is 0.455. The van der Waals surface area contributed by atoms with Crippen LogP contribution in [0.3, 0.4) is 0 Å². The first-order valence-corrected chi connectivity index (χ1v) is 4.79. The van der Waals surface area contributed by atoms with E-state index in [2.05, 4.69) is 18.3 Å². The summed E-state index contributed by atoms with van der Waals surface area (Å²) in [6, 6.07) is 10.7. The van der Waals surface area contributed by atoms with Crippen molar-refractivity contribution in [3.8, 4) is 0 Å². The predicted octanol–water partition coefficient (Wildman–Crippen LogP) is 1.83. The standard InChI is InChI=1S/C11H17N2/c1-2-3-9-13-11(12)10-7-5-4-6-8-10/h5-8,11,13H,2-3,9,12H2,1H3. The van der Waals surface area contributed by atoms with Crippen LogP contribution in [-0.2, 0) is 0 Å². The lowest BCUT2D eigenvalue weighted by atomic mass is 10.2. The van der Waals surface area contributed by atoms with Gasteiger partial charge < -0.3 is 5.73 Å². The van der Waals surface area contributed by atoms with Crippen molar-refractivity contribution in [2.24, 2.45) is 5.73 Å². The van der Waals surface area contributed by atoms with Crippen molar-refractivity contribution in [2.45, 2.75) is 25.9 Å². The zero-order valence-electron chi connectivity index (χ0n) is 8.09. The summed E-state index contributed by atoms with van der Waals surface area (Å²) in [7, 11) is 0. The lowest BCUT2D eigenvalue weighted by Gasteiger charge is -2.13. The Bertz CT molecular complexity index is 221. The van der Waals surface area contributed by atoms with Gasteiger partial charge in [-0.25, -0.2) is 0 Å². The van der Waals surface area contributed by atoms with Crippen LogP contribution in [0.15, 0.2) is 24.3 Å². The first-order chi connectivity index (χ1) is 6.34. The van der Waals surface area contributed by atoms with Crippen LogP contribution in [-0.4, -0.2) is 6.54 Å². The van der Waals surface area contributed by atoms with Gasteiger partial charge in [0.05, 0.1) is 6.17 Å². The number of nitrogens with one attached hydrogen (secondary N) is 1. The summed E-state index contributed by atoms with van der Waals surface area (Å²) < 4.78 is 0. The van der Waals surface area contributed by atoms with E-state index >= 15 is 0 Å². The minimum absolute atomic E-state index is 0.0406. The van der Waals surface area contributed by atoms with Crippen LogP contribution in [0.25, 0.3) is 0 Å². The van der Waals surface area contributed by atoms with E-state index in [1.54, 1.807) is 0 Å². The molecule has 0 amide bonds. The zero-order valence-corrected chi connectivity index (χ0v) is 8.09. The van der Waals surface area contributed by atoms with E-state index in [0.29, 0.717) is 0 Å². The minimum atomic E-state index is -0.0406. The van der Waals surface area contributed by atoms with E-state index in [0.717, 1.165) is 12.1 Å². The average molecular weight is 177 g/mol. The Morgan fingerprint density at radius 3 is 2.77 bits per heavy atom.